The monoisotopic (exact) mass is 448 g/mol. The highest BCUT2D eigenvalue weighted by molar-refractivity contribution is 6.57. The quantitative estimate of drug-likeness (QED) is 0.356. The molecular weight excluding hydrogens is 410 g/mol. The van der Waals surface area contributed by atoms with Crippen LogP contribution in [-0.2, 0) is 13.2 Å². The maximum atomic E-state index is 9.31. The molecule has 1 radical (unpaired) electrons. The maximum Gasteiger partial charge on any atom is 0.120 e. The van der Waals surface area contributed by atoms with Gasteiger partial charge in [-0.25, -0.2) is 0 Å². The summed E-state index contributed by atoms with van der Waals surface area (Å²) in [6.07, 6.45) is 4.10. The molecule has 0 heterocycles. The van der Waals surface area contributed by atoms with Gasteiger partial charge < -0.3 is 9.84 Å². The summed E-state index contributed by atoms with van der Waals surface area (Å²) in [6, 6.07) is 16.5. The van der Waals surface area contributed by atoms with Crippen molar-refractivity contribution in [1.82, 2.24) is 4.90 Å². The molecule has 0 aliphatic heterocycles. The molecule has 0 spiro atoms. The molecule has 171 valence electrons. The number of nitrogens with zero attached hydrogens (tertiary/aromatic N) is 1. The van der Waals surface area contributed by atoms with Gasteiger partial charge >= 0.3 is 0 Å². The summed E-state index contributed by atoms with van der Waals surface area (Å²) in [7, 11) is -0.727. The average Bonchev–Trinajstić information content (AvgIpc) is 2.76. The third-order valence-electron chi connectivity index (χ3n) is 5.01. The predicted molar refractivity (Wildman–Crippen MR) is 137 cm³/mol. The zero-order valence-electron chi connectivity index (χ0n) is 20.5. The molecule has 3 nitrogen and oxygen atoms in total. The summed E-state index contributed by atoms with van der Waals surface area (Å²) in [5, 5.41) is 9.31. The van der Waals surface area contributed by atoms with Gasteiger partial charge in [0.05, 0.1) is 6.61 Å². The SMILES string of the molecule is CCN(C/C=C/C#CC(C)(C)C)Cc1cccc(OC(c2ccc(CO)cc2)[Si](C)C)c1. The van der Waals surface area contributed by atoms with Gasteiger partial charge in [0.1, 0.15) is 20.3 Å². The van der Waals surface area contributed by atoms with Crippen LogP contribution in [0.4, 0.5) is 0 Å². The first kappa shape index (κ1) is 25.9. The molecule has 32 heavy (non-hydrogen) atoms. The van der Waals surface area contributed by atoms with Crippen LogP contribution in [0.1, 0.15) is 50.1 Å². The summed E-state index contributed by atoms with van der Waals surface area (Å²) in [4.78, 5) is 2.38. The third-order valence-corrected chi connectivity index (χ3v) is 6.51. The summed E-state index contributed by atoms with van der Waals surface area (Å²) in [5.41, 5.74) is 3.44. The van der Waals surface area contributed by atoms with Crippen molar-refractivity contribution in [2.75, 3.05) is 13.1 Å². The van der Waals surface area contributed by atoms with Crippen molar-refractivity contribution >= 4 is 8.80 Å². The van der Waals surface area contributed by atoms with E-state index in [-0.39, 0.29) is 17.7 Å². The Bertz CT molecular complexity index is 917. The average molecular weight is 449 g/mol. The van der Waals surface area contributed by atoms with Gasteiger partial charge in [0.2, 0.25) is 0 Å². The molecule has 2 rings (SSSR count). The Morgan fingerprint density at radius 1 is 1.09 bits per heavy atom. The van der Waals surface area contributed by atoms with Gasteiger partial charge in [0.15, 0.2) is 0 Å². The fraction of sp³-hybridized carbons (Fsp3) is 0.429. The van der Waals surface area contributed by atoms with Crippen molar-refractivity contribution in [3.05, 3.63) is 77.4 Å². The van der Waals surface area contributed by atoms with E-state index in [1.165, 1.54) is 11.1 Å². The minimum Gasteiger partial charge on any atom is -0.490 e. The Morgan fingerprint density at radius 3 is 2.41 bits per heavy atom. The van der Waals surface area contributed by atoms with Crippen LogP contribution >= 0.6 is 0 Å². The van der Waals surface area contributed by atoms with E-state index in [1.54, 1.807) is 0 Å². The third kappa shape index (κ3) is 9.04. The van der Waals surface area contributed by atoms with E-state index >= 15 is 0 Å². The first-order chi connectivity index (χ1) is 15.2. The lowest BCUT2D eigenvalue weighted by molar-refractivity contribution is 0.276. The molecule has 0 saturated heterocycles. The Morgan fingerprint density at radius 2 is 1.81 bits per heavy atom. The van der Waals surface area contributed by atoms with Gasteiger partial charge in [0, 0.05) is 18.5 Å². The van der Waals surface area contributed by atoms with Crippen LogP contribution in [0.5, 0.6) is 5.75 Å². The number of rotatable bonds is 10. The van der Waals surface area contributed by atoms with Gasteiger partial charge in [-0.3, -0.25) is 4.90 Å². The number of aliphatic hydroxyl groups excluding tert-OH is 1. The largest absolute Gasteiger partial charge is 0.490 e. The summed E-state index contributed by atoms with van der Waals surface area (Å²) in [6.45, 7) is 15.9. The fourth-order valence-corrected chi connectivity index (χ4v) is 4.48. The van der Waals surface area contributed by atoms with Crippen LogP contribution in [-0.4, -0.2) is 31.9 Å². The summed E-state index contributed by atoms with van der Waals surface area (Å²) in [5.74, 6) is 7.29. The highest BCUT2D eigenvalue weighted by atomic mass is 28.3. The number of benzene rings is 2. The molecule has 0 aromatic heterocycles. The van der Waals surface area contributed by atoms with E-state index in [1.807, 2.05) is 24.3 Å². The van der Waals surface area contributed by atoms with E-state index in [4.69, 9.17) is 4.74 Å². The second-order valence-corrected chi connectivity index (χ2v) is 12.1. The van der Waals surface area contributed by atoms with Gasteiger partial charge in [-0.05, 0) is 62.2 Å². The zero-order chi connectivity index (χ0) is 23.6. The first-order valence-corrected chi connectivity index (χ1v) is 13.9. The molecule has 2 aromatic rings. The second kappa shape index (κ2) is 12.6. The molecule has 0 saturated carbocycles. The van der Waals surface area contributed by atoms with Crippen LogP contribution in [0.3, 0.4) is 0 Å². The molecule has 0 amide bonds. The van der Waals surface area contributed by atoms with Crippen LogP contribution in [0.15, 0.2) is 60.7 Å². The molecular formula is C28H38NO2Si. The zero-order valence-corrected chi connectivity index (χ0v) is 21.5. The number of hydrogen-bond donors (Lipinski definition) is 1. The van der Waals surface area contributed by atoms with E-state index in [0.29, 0.717) is 0 Å². The number of allylic oxidation sites excluding steroid dienone is 1. The van der Waals surface area contributed by atoms with E-state index in [9.17, 15) is 5.11 Å². The Balaban J connectivity index is 2.05. The van der Waals surface area contributed by atoms with E-state index in [2.05, 4.69) is 93.9 Å². The van der Waals surface area contributed by atoms with Crippen LogP contribution in [0, 0.1) is 17.3 Å². The lowest BCUT2D eigenvalue weighted by Gasteiger charge is -2.23. The summed E-state index contributed by atoms with van der Waals surface area (Å²) < 4.78 is 6.47. The highest BCUT2D eigenvalue weighted by Gasteiger charge is 2.19. The first-order valence-electron chi connectivity index (χ1n) is 11.4. The maximum absolute atomic E-state index is 9.31. The predicted octanol–water partition coefficient (Wildman–Crippen LogP) is 6.02. The molecule has 4 heteroatoms. The Hall–Kier alpha value is -2.32. The lowest BCUT2D eigenvalue weighted by Crippen LogP contribution is -2.23. The number of hydrogen-bond acceptors (Lipinski definition) is 3. The van der Waals surface area contributed by atoms with Crippen LogP contribution in [0.25, 0.3) is 0 Å². The van der Waals surface area contributed by atoms with Gasteiger partial charge in [-0.15, -0.1) is 0 Å². The van der Waals surface area contributed by atoms with E-state index in [0.717, 1.165) is 30.9 Å². The topological polar surface area (TPSA) is 32.7 Å². The van der Waals surface area contributed by atoms with Crippen LogP contribution in [0.2, 0.25) is 13.1 Å². The van der Waals surface area contributed by atoms with Gasteiger partial charge in [-0.2, -0.15) is 0 Å². The molecule has 0 fully saturated rings. The van der Waals surface area contributed by atoms with Crippen molar-refractivity contribution in [3.63, 3.8) is 0 Å². The molecule has 0 bridgehead atoms. The smallest absolute Gasteiger partial charge is 0.120 e. The minimum atomic E-state index is -0.727. The lowest BCUT2D eigenvalue weighted by atomic mass is 9.98. The molecule has 0 aliphatic rings. The van der Waals surface area contributed by atoms with E-state index < -0.39 is 8.80 Å². The van der Waals surface area contributed by atoms with Crippen molar-refractivity contribution < 1.29 is 9.84 Å². The van der Waals surface area contributed by atoms with Crippen molar-refractivity contribution in [1.29, 1.82) is 0 Å². The minimum absolute atomic E-state index is 0.0338. The standard InChI is InChI=1S/C28H38NO2Si/c1-7-29(19-10-8-9-18-28(2,3)4)21-24-12-11-13-26(20-24)31-27(32(5)6)25-16-14-23(22-30)15-17-25/h8,10-17,20,27,30H,7,19,21-22H2,1-6H3/b10-8+. The molecule has 1 unspecified atom stereocenters. The van der Waals surface area contributed by atoms with Crippen LogP contribution < -0.4 is 4.74 Å². The molecule has 1 N–H and O–H groups in total. The van der Waals surface area contributed by atoms with Crippen molar-refractivity contribution in [2.24, 2.45) is 5.41 Å². The number of ether oxygens (including phenoxy) is 1. The normalized spacial score (nSPS) is 12.8. The molecule has 1 atom stereocenters. The van der Waals surface area contributed by atoms with Gasteiger partial charge in [0.25, 0.3) is 0 Å². The molecule has 2 aromatic carbocycles. The van der Waals surface area contributed by atoms with Gasteiger partial charge in [-0.1, -0.05) is 74.3 Å². The molecule has 0 aliphatic carbocycles. The Kier molecular flexibility index (Phi) is 10.2. The number of likely N-dealkylation sites (N-methyl/N-ethyl adjacent to an activating group) is 1. The fourth-order valence-electron chi connectivity index (χ4n) is 3.25. The number of aliphatic hydroxyl groups is 1. The van der Waals surface area contributed by atoms with Crippen molar-refractivity contribution in [2.45, 2.75) is 59.7 Å². The Labute approximate surface area is 196 Å². The summed E-state index contributed by atoms with van der Waals surface area (Å²) >= 11 is 0. The van der Waals surface area contributed by atoms with Crippen molar-refractivity contribution in [3.8, 4) is 17.6 Å². The highest BCUT2D eigenvalue weighted by Crippen LogP contribution is 2.26. The second-order valence-electron chi connectivity index (χ2n) is 9.37.